The molecule has 0 unspecified atom stereocenters. The number of hydrogen-bond acceptors (Lipinski definition) is 2. The average Bonchev–Trinajstić information content (AvgIpc) is 2.59. The number of nitrogens with zero attached hydrogens (tertiary/aromatic N) is 1. The van der Waals surface area contributed by atoms with Gasteiger partial charge in [-0.2, -0.15) is 0 Å². The summed E-state index contributed by atoms with van der Waals surface area (Å²) in [7, 11) is 0. The standard InChI is InChI=1S/C19H27NO2/c1-13-15(12-18(2,3)4)14-10-8-9-11-16(14)20(13)17(21)22-19(5,6)7/h8-11H,12H2,1-7H3. The Morgan fingerprint density at radius 2 is 1.68 bits per heavy atom. The van der Waals surface area contributed by atoms with Gasteiger partial charge in [0.25, 0.3) is 0 Å². The minimum Gasteiger partial charge on any atom is -0.443 e. The minimum atomic E-state index is -0.501. The van der Waals surface area contributed by atoms with Gasteiger partial charge in [-0.3, -0.25) is 0 Å². The van der Waals surface area contributed by atoms with Crippen molar-refractivity contribution in [3.05, 3.63) is 35.5 Å². The highest BCUT2D eigenvalue weighted by Gasteiger charge is 2.25. The summed E-state index contributed by atoms with van der Waals surface area (Å²) in [4.78, 5) is 12.6. The molecule has 0 saturated carbocycles. The largest absolute Gasteiger partial charge is 0.443 e. The monoisotopic (exact) mass is 301 g/mol. The summed E-state index contributed by atoms with van der Waals surface area (Å²) in [5.74, 6) is 0. The van der Waals surface area contributed by atoms with Crippen LogP contribution in [0.4, 0.5) is 4.79 Å². The van der Waals surface area contributed by atoms with Crippen LogP contribution in [0.25, 0.3) is 10.9 Å². The number of fused-ring (bicyclic) bond motifs is 1. The van der Waals surface area contributed by atoms with Crippen LogP contribution < -0.4 is 0 Å². The molecular weight excluding hydrogens is 274 g/mol. The smallest absolute Gasteiger partial charge is 0.419 e. The van der Waals surface area contributed by atoms with Crippen molar-refractivity contribution in [2.75, 3.05) is 0 Å². The first-order chi connectivity index (χ1) is 9.99. The minimum absolute atomic E-state index is 0.160. The van der Waals surface area contributed by atoms with Gasteiger partial charge in [-0.05, 0) is 51.2 Å². The Morgan fingerprint density at radius 1 is 1.09 bits per heavy atom. The van der Waals surface area contributed by atoms with E-state index in [1.54, 1.807) is 4.57 Å². The Labute approximate surface area is 133 Å². The van der Waals surface area contributed by atoms with Crippen molar-refractivity contribution in [2.45, 2.75) is 60.5 Å². The van der Waals surface area contributed by atoms with Gasteiger partial charge in [0, 0.05) is 11.1 Å². The second-order valence-corrected chi connectivity index (χ2v) is 8.13. The van der Waals surface area contributed by atoms with E-state index in [9.17, 15) is 4.79 Å². The molecule has 0 aliphatic heterocycles. The number of aromatic nitrogens is 1. The van der Waals surface area contributed by atoms with Crippen LogP contribution in [-0.2, 0) is 11.2 Å². The van der Waals surface area contributed by atoms with Gasteiger partial charge in [0.05, 0.1) is 5.52 Å². The van der Waals surface area contributed by atoms with Crippen molar-refractivity contribution in [1.29, 1.82) is 0 Å². The highest BCUT2D eigenvalue weighted by molar-refractivity contribution is 5.93. The zero-order valence-electron chi connectivity index (χ0n) is 14.8. The van der Waals surface area contributed by atoms with Gasteiger partial charge < -0.3 is 4.74 Å². The molecule has 0 atom stereocenters. The van der Waals surface area contributed by atoms with E-state index in [2.05, 4.69) is 26.8 Å². The number of rotatable bonds is 1. The number of hydrogen-bond donors (Lipinski definition) is 0. The lowest BCUT2D eigenvalue weighted by Crippen LogP contribution is -2.27. The van der Waals surface area contributed by atoms with Crippen molar-refractivity contribution in [2.24, 2.45) is 5.41 Å². The van der Waals surface area contributed by atoms with E-state index in [1.807, 2.05) is 45.9 Å². The predicted molar refractivity (Wildman–Crippen MR) is 91.5 cm³/mol. The number of carbonyl (C=O) groups excluding carboxylic acids is 1. The molecule has 0 saturated heterocycles. The van der Waals surface area contributed by atoms with Crippen LogP contribution in [0, 0.1) is 12.3 Å². The molecule has 2 aromatic rings. The first kappa shape index (κ1) is 16.6. The molecule has 0 bridgehead atoms. The zero-order chi connectivity index (χ0) is 16.7. The maximum atomic E-state index is 12.6. The summed E-state index contributed by atoms with van der Waals surface area (Å²) >= 11 is 0. The lowest BCUT2D eigenvalue weighted by Gasteiger charge is -2.21. The van der Waals surface area contributed by atoms with E-state index in [1.165, 1.54) is 5.56 Å². The Bertz CT molecular complexity index is 697. The normalized spacial score (nSPS) is 12.7. The highest BCUT2D eigenvalue weighted by Crippen LogP contribution is 2.32. The first-order valence-corrected chi connectivity index (χ1v) is 7.82. The molecule has 22 heavy (non-hydrogen) atoms. The van der Waals surface area contributed by atoms with E-state index in [0.717, 1.165) is 23.0 Å². The fraction of sp³-hybridized carbons (Fsp3) is 0.526. The predicted octanol–water partition coefficient (Wildman–Crippen LogP) is 5.32. The maximum absolute atomic E-state index is 12.6. The van der Waals surface area contributed by atoms with Gasteiger partial charge in [0.2, 0.25) is 0 Å². The SMILES string of the molecule is Cc1c(CC(C)(C)C)c2ccccc2n1C(=O)OC(C)(C)C. The van der Waals surface area contributed by atoms with Crippen molar-refractivity contribution < 1.29 is 9.53 Å². The van der Waals surface area contributed by atoms with Crippen LogP contribution in [0.15, 0.2) is 24.3 Å². The molecule has 0 spiro atoms. The fourth-order valence-corrected chi connectivity index (χ4v) is 2.73. The van der Waals surface area contributed by atoms with Crippen molar-refractivity contribution in [3.63, 3.8) is 0 Å². The lowest BCUT2D eigenvalue weighted by atomic mass is 9.87. The molecule has 120 valence electrons. The van der Waals surface area contributed by atoms with Crippen LogP contribution in [0.3, 0.4) is 0 Å². The first-order valence-electron chi connectivity index (χ1n) is 7.82. The van der Waals surface area contributed by atoms with Crippen LogP contribution in [0.2, 0.25) is 0 Å². The van der Waals surface area contributed by atoms with E-state index in [0.29, 0.717) is 0 Å². The zero-order valence-corrected chi connectivity index (χ0v) is 14.8. The molecular formula is C19H27NO2. The molecule has 2 rings (SSSR count). The molecule has 1 aromatic carbocycles. The molecule has 1 aromatic heterocycles. The van der Waals surface area contributed by atoms with Crippen LogP contribution in [-0.4, -0.2) is 16.3 Å². The molecule has 0 aliphatic rings. The molecule has 0 N–H and O–H groups in total. The Kier molecular flexibility index (Phi) is 4.12. The van der Waals surface area contributed by atoms with E-state index >= 15 is 0 Å². The number of para-hydroxylation sites is 1. The summed E-state index contributed by atoms with van der Waals surface area (Å²) < 4.78 is 7.29. The van der Waals surface area contributed by atoms with Gasteiger partial charge in [-0.25, -0.2) is 9.36 Å². The lowest BCUT2D eigenvalue weighted by molar-refractivity contribution is 0.0541. The second-order valence-electron chi connectivity index (χ2n) is 8.13. The summed E-state index contributed by atoms with van der Waals surface area (Å²) in [5.41, 5.74) is 2.79. The fourth-order valence-electron chi connectivity index (χ4n) is 2.73. The molecule has 3 nitrogen and oxygen atoms in total. The Hall–Kier alpha value is -1.77. The number of carbonyl (C=O) groups is 1. The Balaban J connectivity index is 2.60. The summed E-state index contributed by atoms with van der Waals surface area (Å²) in [6.45, 7) is 14.3. The summed E-state index contributed by atoms with van der Waals surface area (Å²) in [5, 5.41) is 1.14. The third kappa shape index (κ3) is 3.52. The molecule has 0 radical (unpaired) electrons. The van der Waals surface area contributed by atoms with Gasteiger partial charge >= 0.3 is 6.09 Å². The van der Waals surface area contributed by atoms with Crippen LogP contribution in [0.5, 0.6) is 0 Å². The highest BCUT2D eigenvalue weighted by atomic mass is 16.6. The quantitative estimate of drug-likeness (QED) is 0.713. The molecule has 3 heteroatoms. The third-order valence-electron chi connectivity index (χ3n) is 3.53. The van der Waals surface area contributed by atoms with Crippen molar-refractivity contribution in [3.8, 4) is 0 Å². The van der Waals surface area contributed by atoms with Gasteiger partial charge in [0.1, 0.15) is 5.60 Å². The van der Waals surface area contributed by atoms with Crippen molar-refractivity contribution >= 4 is 17.0 Å². The van der Waals surface area contributed by atoms with Crippen molar-refractivity contribution in [1.82, 2.24) is 4.57 Å². The topological polar surface area (TPSA) is 31.2 Å². The van der Waals surface area contributed by atoms with Crippen LogP contribution in [0.1, 0.15) is 52.8 Å². The number of benzene rings is 1. The number of ether oxygens (including phenoxy) is 1. The summed E-state index contributed by atoms with van der Waals surface area (Å²) in [6, 6.07) is 8.06. The molecule has 1 heterocycles. The summed E-state index contributed by atoms with van der Waals surface area (Å²) in [6.07, 6.45) is 0.621. The van der Waals surface area contributed by atoms with E-state index in [-0.39, 0.29) is 11.5 Å². The third-order valence-corrected chi connectivity index (χ3v) is 3.53. The van der Waals surface area contributed by atoms with E-state index < -0.39 is 5.60 Å². The van der Waals surface area contributed by atoms with Gasteiger partial charge in [-0.15, -0.1) is 0 Å². The average molecular weight is 301 g/mol. The maximum Gasteiger partial charge on any atom is 0.419 e. The molecule has 0 amide bonds. The Morgan fingerprint density at radius 3 is 2.23 bits per heavy atom. The second kappa shape index (κ2) is 5.45. The molecule has 0 aliphatic carbocycles. The molecule has 0 fully saturated rings. The van der Waals surface area contributed by atoms with Crippen LogP contribution >= 0.6 is 0 Å². The van der Waals surface area contributed by atoms with Gasteiger partial charge in [0.15, 0.2) is 0 Å². The van der Waals surface area contributed by atoms with Gasteiger partial charge in [-0.1, -0.05) is 39.0 Å². The van der Waals surface area contributed by atoms with E-state index in [4.69, 9.17) is 4.74 Å².